The quantitative estimate of drug-likeness (QED) is 0.661. The van der Waals surface area contributed by atoms with Gasteiger partial charge in [-0.15, -0.1) is 0 Å². The molecule has 6 nitrogen and oxygen atoms in total. The number of hydrogen-bond acceptors (Lipinski definition) is 4. The Hall–Kier alpha value is -3.26. The number of anilines is 1. The van der Waals surface area contributed by atoms with Crippen molar-refractivity contribution in [3.05, 3.63) is 69.5 Å². The van der Waals surface area contributed by atoms with E-state index in [0.29, 0.717) is 17.8 Å². The second-order valence-electron chi connectivity index (χ2n) is 7.35. The van der Waals surface area contributed by atoms with E-state index in [1.165, 1.54) is 28.8 Å². The van der Waals surface area contributed by atoms with Gasteiger partial charge in [-0.25, -0.2) is 13.6 Å². The number of nitrogen functional groups attached to an aromatic ring is 1. The molecule has 2 heterocycles. The number of carbonyl (C=O) groups is 1. The number of aromatic nitrogens is 1. The van der Waals surface area contributed by atoms with Crippen molar-refractivity contribution in [2.24, 2.45) is 0 Å². The van der Waals surface area contributed by atoms with Crippen LogP contribution in [0.3, 0.4) is 0 Å². The summed E-state index contributed by atoms with van der Waals surface area (Å²) in [4.78, 5) is 26.4. The van der Waals surface area contributed by atoms with Crippen LogP contribution in [0.2, 0.25) is 0 Å². The van der Waals surface area contributed by atoms with E-state index in [1.807, 2.05) is 7.05 Å². The normalized spacial score (nSPS) is 17.1. The Morgan fingerprint density at radius 1 is 1.24 bits per heavy atom. The number of fused-ring (bicyclic) bond motifs is 1. The van der Waals surface area contributed by atoms with Gasteiger partial charge in [-0.1, -0.05) is 0 Å². The number of likely N-dealkylation sites (tertiary alicyclic amines) is 1. The van der Waals surface area contributed by atoms with Gasteiger partial charge in [-0.3, -0.25) is 4.79 Å². The van der Waals surface area contributed by atoms with Crippen LogP contribution in [0.15, 0.2) is 41.3 Å². The first-order valence-corrected chi connectivity index (χ1v) is 9.13. The third-order valence-corrected chi connectivity index (χ3v) is 5.45. The summed E-state index contributed by atoms with van der Waals surface area (Å²) in [6.45, 7) is 1.42. The Balaban J connectivity index is 2.09. The lowest BCUT2D eigenvalue weighted by Crippen LogP contribution is -2.21. The third-order valence-electron chi connectivity index (χ3n) is 5.45. The number of benzene rings is 2. The molecule has 150 valence electrons. The van der Waals surface area contributed by atoms with Gasteiger partial charge in [0.1, 0.15) is 17.2 Å². The van der Waals surface area contributed by atoms with Crippen LogP contribution in [0.5, 0.6) is 0 Å². The first-order valence-electron chi connectivity index (χ1n) is 9.13. The van der Waals surface area contributed by atoms with Gasteiger partial charge in [0, 0.05) is 29.9 Å². The minimum atomic E-state index is -1.44. The van der Waals surface area contributed by atoms with Crippen molar-refractivity contribution in [1.82, 2.24) is 9.47 Å². The molecule has 3 aromatic rings. The molecule has 29 heavy (non-hydrogen) atoms. The molecule has 1 atom stereocenters. The van der Waals surface area contributed by atoms with Gasteiger partial charge < -0.3 is 20.3 Å². The maximum absolute atomic E-state index is 15.0. The predicted octanol–water partition coefficient (Wildman–Crippen LogP) is 2.97. The van der Waals surface area contributed by atoms with Crippen LogP contribution < -0.4 is 11.2 Å². The lowest BCUT2D eigenvalue weighted by Gasteiger charge is -2.20. The van der Waals surface area contributed by atoms with E-state index in [4.69, 9.17) is 5.73 Å². The molecule has 1 aliphatic heterocycles. The smallest absolute Gasteiger partial charge is 0.341 e. The lowest BCUT2D eigenvalue weighted by atomic mass is 9.93. The molecule has 8 heteroatoms. The summed E-state index contributed by atoms with van der Waals surface area (Å²) in [6, 6.07) is 6.38. The summed E-state index contributed by atoms with van der Waals surface area (Å²) in [5.41, 5.74) is 6.08. The molecule has 3 N–H and O–H groups in total. The number of pyridine rings is 1. The molecule has 1 fully saturated rings. The summed E-state index contributed by atoms with van der Waals surface area (Å²) in [5, 5.41) is 9.31. The monoisotopic (exact) mass is 399 g/mol. The van der Waals surface area contributed by atoms with E-state index in [2.05, 4.69) is 4.90 Å². The number of hydrogen-bond donors (Lipinski definition) is 2. The molecule has 1 unspecified atom stereocenters. The van der Waals surface area contributed by atoms with E-state index < -0.39 is 28.6 Å². The molecule has 2 aromatic carbocycles. The fraction of sp³-hybridized carbons (Fsp3) is 0.238. The number of carboxylic acids is 1. The van der Waals surface area contributed by atoms with Crippen LogP contribution in [0.1, 0.15) is 28.3 Å². The molecule has 0 radical (unpaired) electrons. The van der Waals surface area contributed by atoms with Crippen LogP contribution >= 0.6 is 0 Å². The van der Waals surface area contributed by atoms with Gasteiger partial charge >= 0.3 is 5.97 Å². The van der Waals surface area contributed by atoms with Gasteiger partial charge in [0.05, 0.1) is 16.6 Å². The van der Waals surface area contributed by atoms with Crippen LogP contribution in [0.4, 0.5) is 14.5 Å². The molecule has 0 bridgehead atoms. The van der Waals surface area contributed by atoms with Gasteiger partial charge in [0.2, 0.25) is 5.43 Å². The number of rotatable bonds is 3. The number of nitrogens with two attached hydrogens (primary N) is 1. The Bertz CT molecular complexity index is 1190. The highest BCUT2D eigenvalue weighted by Gasteiger charge is 2.29. The highest BCUT2D eigenvalue weighted by atomic mass is 19.1. The SMILES string of the molecule is CN1CCC(c2c(F)cc3c(=O)c(C(=O)O)cn(-c4ccc(F)cc4)c3c2N)C1. The Morgan fingerprint density at radius 2 is 1.93 bits per heavy atom. The van der Waals surface area contributed by atoms with Crippen LogP contribution in [-0.4, -0.2) is 40.7 Å². The minimum absolute atomic E-state index is 0.0960. The summed E-state index contributed by atoms with van der Waals surface area (Å²) in [7, 11) is 1.93. The minimum Gasteiger partial charge on any atom is -0.477 e. The second kappa shape index (κ2) is 6.97. The highest BCUT2D eigenvalue weighted by molar-refractivity contribution is 5.98. The lowest BCUT2D eigenvalue weighted by molar-refractivity contribution is 0.0695. The average molecular weight is 399 g/mol. The molecule has 1 aromatic heterocycles. The summed E-state index contributed by atoms with van der Waals surface area (Å²) < 4.78 is 29.8. The first-order chi connectivity index (χ1) is 13.8. The molecular weight excluding hydrogens is 380 g/mol. The molecule has 0 amide bonds. The number of halogens is 2. The van der Waals surface area contributed by atoms with Gasteiger partial charge in [-0.05, 0) is 50.3 Å². The second-order valence-corrected chi connectivity index (χ2v) is 7.35. The first kappa shape index (κ1) is 19.1. The summed E-state index contributed by atoms with van der Waals surface area (Å²) in [5.74, 6) is -2.67. The van der Waals surface area contributed by atoms with Crippen molar-refractivity contribution in [3.8, 4) is 5.69 Å². The third kappa shape index (κ3) is 3.15. The van der Waals surface area contributed by atoms with Crippen molar-refractivity contribution in [2.75, 3.05) is 25.9 Å². The number of carboxylic acid groups (broad SMARTS) is 1. The summed E-state index contributed by atoms with van der Waals surface area (Å²) in [6.07, 6.45) is 1.87. The number of nitrogens with zero attached hydrogens (tertiary/aromatic N) is 2. The van der Waals surface area contributed by atoms with E-state index in [-0.39, 0.29) is 22.5 Å². The van der Waals surface area contributed by atoms with Crippen molar-refractivity contribution < 1.29 is 18.7 Å². The standard InChI is InChI=1S/C21H19F2N3O3/c1-25-7-6-11(9-25)17-16(23)8-14-19(18(17)24)26(10-15(20(14)27)21(28)29)13-4-2-12(22)3-5-13/h2-5,8,10-11H,6-7,9,24H2,1H3,(H,28,29). The number of likely N-dealkylation sites (N-methyl/N-ethyl adjacent to an activating group) is 1. The molecule has 4 rings (SSSR count). The van der Waals surface area contributed by atoms with E-state index in [0.717, 1.165) is 25.2 Å². The maximum atomic E-state index is 15.0. The molecular formula is C21H19F2N3O3. The van der Waals surface area contributed by atoms with Gasteiger partial charge in [0.15, 0.2) is 0 Å². The molecule has 0 aliphatic carbocycles. The zero-order valence-corrected chi connectivity index (χ0v) is 15.7. The molecule has 0 saturated carbocycles. The van der Waals surface area contributed by atoms with Gasteiger partial charge in [-0.2, -0.15) is 0 Å². The highest BCUT2D eigenvalue weighted by Crippen LogP contribution is 2.37. The largest absolute Gasteiger partial charge is 0.477 e. The Labute approximate surface area is 164 Å². The zero-order chi connectivity index (χ0) is 20.9. The molecule has 0 spiro atoms. The van der Waals surface area contributed by atoms with Crippen LogP contribution in [0, 0.1) is 11.6 Å². The summed E-state index contributed by atoms with van der Waals surface area (Å²) >= 11 is 0. The number of aromatic carboxylic acids is 1. The molecule has 1 saturated heterocycles. The van der Waals surface area contributed by atoms with Crippen molar-refractivity contribution in [3.63, 3.8) is 0 Å². The Morgan fingerprint density at radius 3 is 2.52 bits per heavy atom. The zero-order valence-electron chi connectivity index (χ0n) is 15.7. The fourth-order valence-electron chi connectivity index (χ4n) is 4.05. The molecule has 1 aliphatic rings. The Kier molecular flexibility index (Phi) is 4.58. The van der Waals surface area contributed by atoms with E-state index in [9.17, 15) is 19.1 Å². The van der Waals surface area contributed by atoms with E-state index >= 15 is 4.39 Å². The maximum Gasteiger partial charge on any atom is 0.341 e. The van der Waals surface area contributed by atoms with Crippen molar-refractivity contribution >= 4 is 22.6 Å². The van der Waals surface area contributed by atoms with Crippen molar-refractivity contribution in [1.29, 1.82) is 0 Å². The van der Waals surface area contributed by atoms with E-state index in [1.54, 1.807) is 0 Å². The predicted molar refractivity (Wildman–Crippen MR) is 106 cm³/mol. The van der Waals surface area contributed by atoms with Crippen molar-refractivity contribution in [2.45, 2.75) is 12.3 Å². The average Bonchev–Trinajstić information content (AvgIpc) is 3.09. The van der Waals surface area contributed by atoms with Crippen LogP contribution in [-0.2, 0) is 0 Å². The van der Waals surface area contributed by atoms with Crippen LogP contribution in [0.25, 0.3) is 16.6 Å². The van der Waals surface area contributed by atoms with Gasteiger partial charge in [0.25, 0.3) is 0 Å². The fourth-order valence-corrected chi connectivity index (χ4v) is 4.05. The topological polar surface area (TPSA) is 88.6 Å².